The summed E-state index contributed by atoms with van der Waals surface area (Å²) in [7, 11) is 3.08. The molecule has 0 atom stereocenters. The van der Waals surface area contributed by atoms with Gasteiger partial charge in [0.15, 0.2) is 11.5 Å². The van der Waals surface area contributed by atoms with Gasteiger partial charge in [-0.15, -0.1) is 0 Å². The molecule has 5 nitrogen and oxygen atoms in total. The Bertz CT molecular complexity index is 844. The van der Waals surface area contributed by atoms with E-state index in [0.29, 0.717) is 30.2 Å². The van der Waals surface area contributed by atoms with Crippen LogP contribution in [0.15, 0.2) is 71.3 Å². The molecule has 0 aliphatic carbocycles. The summed E-state index contributed by atoms with van der Waals surface area (Å²) in [5, 5.41) is 0. The predicted octanol–water partition coefficient (Wildman–Crippen LogP) is 4.14. The zero-order valence-electron chi connectivity index (χ0n) is 14.8. The highest BCUT2D eigenvalue weighted by molar-refractivity contribution is 5.97. The number of para-hydroxylation sites is 1. The van der Waals surface area contributed by atoms with Crippen LogP contribution in [-0.4, -0.2) is 25.0 Å². The molecule has 0 saturated heterocycles. The molecule has 1 amide bonds. The van der Waals surface area contributed by atoms with Crippen molar-refractivity contribution in [2.75, 3.05) is 14.2 Å². The van der Waals surface area contributed by atoms with Crippen LogP contribution >= 0.6 is 0 Å². The molecule has 0 N–H and O–H groups in total. The molecule has 3 rings (SSSR count). The number of furan rings is 1. The van der Waals surface area contributed by atoms with E-state index in [1.54, 1.807) is 36.5 Å². The van der Waals surface area contributed by atoms with Gasteiger partial charge in [0.25, 0.3) is 5.91 Å². The van der Waals surface area contributed by atoms with Crippen LogP contribution in [0.5, 0.6) is 11.5 Å². The summed E-state index contributed by atoms with van der Waals surface area (Å²) in [6.45, 7) is 0.821. The Morgan fingerprint density at radius 2 is 1.73 bits per heavy atom. The maximum Gasteiger partial charge on any atom is 0.258 e. The third-order valence-corrected chi connectivity index (χ3v) is 4.06. The first-order chi connectivity index (χ1) is 12.7. The van der Waals surface area contributed by atoms with E-state index in [1.165, 1.54) is 7.11 Å². The van der Waals surface area contributed by atoms with Crippen molar-refractivity contribution in [1.29, 1.82) is 0 Å². The Morgan fingerprint density at radius 3 is 2.38 bits per heavy atom. The Balaban J connectivity index is 1.94. The maximum absolute atomic E-state index is 13.3. The number of amides is 1. The SMILES string of the molecule is COc1cccc(C(=O)N(Cc2ccccc2)Cc2ccco2)c1OC. The molecule has 0 radical (unpaired) electrons. The first-order valence-corrected chi connectivity index (χ1v) is 8.29. The normalized spacial score (nSPS) is 10.4. The fraction of sp³-hybridized carbons (Fsp3) is 0.190. The van der Waals surface area contributed by atoms with Gasteiger partial charge in [-0.25, -0.2) is 0 Å². The van der Waals surface area contributed by atoms with Crippen LogP contribution in [0.1, 0.15) is 21.7 Å². The smallest absolute Gasteiger partial charge is 0.258 e. The molecule has 0 fully saturated rings. The van der Waals surface area contributed by atoms with Crippen LogP contribution < -0.4 is 9.47 Å². The van der Waals surface area contributed by atoms with Gasteiger partial charge in [-0.1, -0.05) is 36.4 Å². The summed E-state index contributed by atoms with van der Waals surface area (Å²) < 4.78 is 16.2. The van der Waals surface area contributed by atoms with Crippen molar-refractivity contribution >= 4 is 5.91 Å². The van der Waals surface area contributed by atoms with Gasteiger partial charge in [0, 0.05) is 6.54 Å². The first-order valence-electron chi connectivity index (χ1n) is 8.29. The number of carbonyl (C=O) groups excluding carboxylic acids is 1. The van der Waals surface area contributed by atoms with Crippen molar-refractivity contribution < 1.29 is 18.7 Å². The van der Waals surface area contributed by atoms with Crippen LogP contribution in [0.4, 0.5) is 0 Å². The van der Waals surface area contributed by atoms with Crippen LogP contribution in [0, 0.1) is 0 Å². The Morgan fingerprint density at radius 1 is 0.923 bits per heavy atom. The minimum Gasteiger partial charge on any atom is -0.493 e. The van der Waals surface area contributed by atoms with E-state index in [9.17, 15) is 4.79 Å². The second-order valence-electron chi connectivity index (χ2n) is 5.77. The lowest BCUT2D eigenvalue weighted by Crippen LogP contribution is -2.30. The van der Waals surface area contributed by atoms with Crippen LogP contribution in [0.25, 0.3) is 0 Å². The van der Waals surface area contributed by atoms with E-state index in [-0.39, 0.29) is 5.91 Å². The van der Waals surface area contributed by atoms with Crippen molar-refractivity contribution in [1.82, 2.24) is 4.90 Å². The molecule has 0 unspecified atom stereocenters. The van der Waals surface area contributed by atoms with E-state index in [1.807, 2.05) is 42.5 Å². The minimum atomic E-state index is -0.152. The fourth-order valence-electron chi connectivity index (χ4n) is 2.82. The molecule has 134 valence electrons. The largest absolute Gasteiger partial charge is 0.493 e. The van der Waals surface area contributed by atoms with Crippen molar-refractivity contribution in [3.63, 3.8) is 0 Å². The Labute approximate surface area is 152 Å². The lowest BCUT2D eigenvalue weighted by Gasteiger charge is -2.23. The summed E-state index contributed by atoms with van der Waals surface area (Å²) in [6, 6.07) is 18.8. The predicted molar refractivity (Wildman–Crippen MR) is 98.3 cm³/mol. The van der Waals surface area contributed by atoms with Crippen molar-refractivity contribution in [3.05, 3.63) is 83.8 Å². The highest BCUT2D eigenvalue weighted by atomic mass is 16.5. The first kappa shape index (κ1) is 17.6. The minimum absolute atomic E-state index is 0.152. The average Bonchev–Trinajstić information content (AvgIpc) is 3.20. The number of nitrogens with zero attached hydrogens (tertiary/aromatic N) is 1. The molecule has 3 aromatic rings. The highest BCUT2D eigenvalue weighted by Gasteiger charge is 2.23. The van der Waals surface area contributed by atoms with Gasteiger partial charge < -0.3 is 18.8 Å². The second kappa shape index (κ2) is 8.25. The molecular formula is C21H21NO4. The summed E-state index contributed by atoms with van der Waals surface area (Å²) >= 11 is 0. The van der Waals surface area contributed by atoms with E-state index in [2.05, 4.69) is 0 Å². The Hall–Kier alpha value is -3.21. The van der Waals surface area contributed by atoms with Crippen LogP contribution in [0.2, 0.25) is 0 Å². The molecule has 0 spiro atoms. The van der Waals surface area contributed by atoms with Crippen molar-refractivity contribution in [3.8, 4) is 11.5 Å². The molecule has 5 heteroatoms. The zero-order chi connectivity index (χ0) is 18.4. The summed E-state index contributed by atoms with van der Waals surface area (Å²) in [5.74, 6) is 1.52. The third-order valence-electron chi connectivity index (χ3n) is 4.06. The molecule has 26 heavy (non-hydrogen) atoms. The van der Waals surface area contributed by atoms with Gasteiger partial charge >= 0.3 is 0 Å². The maximum atomic E-state index is 13.3. The molecule has 0 aliphatic heterocycles. The number of methoxy groups -OCH3 is 2. The van der Waals surface area contributed by atoms with Gasteiger partial charge in [-0.2, -0.15) is 0 Å². The Kier molecular flexibility index (Phi) is 5.59. The summed E-state index contributed by atoms with van der Waals surface area (Å²) in [4.78, 5) is 15.0. The molecule has 0 bridgehead atoms. The van der Waals surface area contributed by atoms with E-state index in [0.717, 1.165) is 11.3 Å². The van der Waals surface area contributed by atoms with Gasteiger partial charge in [0.1, 0.15) is 5.76 Å². The van der Waals surface area contributed by atoms with E-state index < -0.39 is 0 Å². The topological polar surface area (TPSA) is 51.9 Å². The molecule has 2 aromatic carbocycles. The number of benzene rings is 2. The lowest BCUT2D eigenvalue weighted by atomic mass is 10.1. The quantitative estimate of drug-likeness (QED) is 0.642. The number of hydrogen-bond donors (Lipinski definition) is 0. The standard InChI is InChI=1S/C21H21NO4/c1-24-19-12-6-11-18(20(19)25-2)21(23)22(15-17-10-7-13-26-17)14-16-8-4-3-5-9-16/h3-13H,14-15H2,1-2H3. The molecule has 0 saturated carbocycles. The van der Waals surface area contributed by atoms with Crippen molar-refractivity contribution in [2.24, 2.45) is 0 Å². The van der Waals surface area contributed by atoms with E-state index >= 15 is 0 Å². The molecule has 1 aromatic heterocycles. The number of carbonyl (C=O) groups is 1. The number of hydrogen-bond acceptors (Lipinski definition) is 4. The lowest BCUT2D eigenvalue weighted by molar-refractivity contribution is 0.0713. The van der Waals surface area contributed by atoms with Crippen molar-refractivity contribution in [2.45, 2.75) is 13.1 Å². The highest BCUT2D eigenvalue weighted by Crippen LogP contribution is 2.32. The third kappa shape index (κ3) is 3.88. The van der Waals surface area contributed by atoms with E-state index in [4.69, 9.17) is 13.9 Å². The molecule has 1 heterocycles. The second-order valence-corrected chi connectivity index (χ2v) is 5.77. The van der Waals surface area contributed by atoms with Crippen LogP contribution in [-0.2, 0) is 13.1 Å². The monoisotopic (exact) mass is 351 g/mol. The van der Waals surface area contributed by atoms with Gasteiger partial charge in [-0.05, 0) is 29.8 Å². The number of ether oxygens (including phenoxy) is 2. The summed E-state index contributed by atoms with van der Waals surface area (Å²) in [5.41, 5.74) is 1.49. The summed E-state index contributed by atoms with van der Waals surface area (Å²) in [6.07, 6.45) is 1.60. The van der Waals surface area contributed by atoms with Gasteiger partial charge in [0.2, 0.25) is 0 Å². The van der Waals surface area contributed by atoms with Gasteiger partial charge in [-0.3, -0.25) is 4.79 Å². The average molecular weight is 351 g/mol. The van der Waals surface area contributed by atoms with Gasteiger partial charge in [0.05, 0.1) is 32.6 Å². The zero-order valence-corrected chi connectivity index (χ0v) is 14.8. The fourth-order valence-corrected chi connectivity index (χ4v) is 2.82. The number of rotatable bonds is 7. The molecule has 0 aliphatic rings. The molecular weight excluding hydrogens is 330 g/mol. The van der Waals surface area contributed by atoms with Crippen LogP contribution in [0.3, 0.4) is 0 Å².